The van der Waals surface area contributed by atoms with Crippen molar-refractivity contribution in [2.45, 2.75) is 30.8 Å². The fraction of sp³-hybridized carbons (Fsp3) is 0.500. The molecule has 2 aromatic carbocycles. The van der Waals surface area contributed by atoms with Crippen LogP contribution in [0, 0.1) is 5.92 Å². The van der Waals surface area contributed by atoms with Gasteiger partial charge in [0.05, 0.1) is 12.4 Å². The number of benzene rings is 2. The molecule has 0 saturated carbocycles. The summed E-state index contributed by atoms with van der Waals surface area (Å²) in [4.78, 5) is 11.2. The maximum atomic E-state index is 12.7. The van der Waals surface area contributed by atoms with Gasteiger partial charge in [-0.1, -0.05) is 42.5 Å². The Morgan fingerprint density at radius 1 is 1.19 bits per heavy atom. The van der Waals surface area contributed by atoms with Crippen molar-refractivity contribution in [1.29, 1.82) is 0 Å². The van der Waals surface area contributed by atoms with E-state index in [0.717, 1.165) is 13.0 Å². The van der Waals surface area contributed by atoms with Crippen LogP contribution in [0.25, 0.3) is 10.8 Å². The minimum absolute atomic E-state index is 0.140. The highest BCUT2D eigenvalue weighted by molar-refractivity contribution is 7.93. The van der Waals surface area contributed by atoms with Gasteiger partial charge in [0.2, 0.25) is 0 Å². The molecule has 32 heavy (non-hydrogen) atoms. The van der Waals surface area contributed by atoms with E-state index < -0.39 is 26.7 Å². The number of hydrogen-bond acceptors (Lipinski definition) is 5. The largest absolute Gasteiger partial charge is 0.490 e. The van der Waals surface area contributed by atoms with Gasteiger partial charge in [-0.3, -0.25) is 4.90 Å². The molecule has 176 valence electrons. The quantitative estimate of drug-likeness (QED) is 0.716. The molecule has 2 aromatic rings. The number of carboxylic acids is 1. The number of carboxylic acid groups (broad SMARTS) is 1. The lowest BCUT2D eigenvalue weighted by molar-refractivity contribution is -0.192. The summed E-state index contributed by atoms with van der Waals surface area (Å²) >= 11 is 0. The molecule has 1 atom stereocenters. The van der Waals surface area contributed by atoms with Crippen LogP contribution in [0.1, 0.15) is 18.9 Å². The lowest BCUT2D eigenvalue weighted by atomic mass is 9.83. The first kappa shape index (κ1) is 24.5. The molecule has 0 aromatic heterocycles. The number of nitrogens with zero attached hydrogens (tertiary/aromatic N) is 1. The molecule has 1 unspecified atom stereocenters. The van der Waals surface area contributed by atoms with Crippen LogP contribution in [0.2, 0.25) is 0 Å². The van der Waals surface area contributed by atoms with Gasteiger partial charge in [-0.15, -0.1) is 0 Å². The van der Waals surface area contributed by atoms with Gasteiger partial charge in [-0.25, -0.2) is 13.2 Å². The molecule has 10 heteroatoms. The summed E-state index contributed by atoms with van der Waals surface area (Å²) < 4.78 is 62.1. The summed E-state index contributed by atoms with van der Waals surface area (Å²) in [6.45, 7) is 5.25. The normalized spacial score (nSPS) is 21.7. The second-order valence-electron chi connectivity index (χ2n) is 8.12. The van der Waals surface area contributed by atoms with Crippen LogP contribution in [0.4, 0.5) is 13.2 Å². The highest BCUT2D eigenvalue weighted by Crippen LogP contribution is 2.45. The first-order valence-corrected chi connectivity index (χ1v) is 11.9. The van der Waals surface area contributed by atoms with Gasteiger partial charge in [0.25, 0.3) is 0 Å². The molecule has 0 amide bonds. The van der Waals surface area contributed by atoms with Crippen LogP contribution in [0.5, 0.6) is 0 Å². The lowest BCUT2D eigenvalue weighted by Gasteiger charge is -2.50. The molecule has 0 radical (unpaired) electrons. The van der Waals surface area contributed by atoms with Crippen molar-refractivity contribution < 1.29 is 36.2 Å². The minimum Gasteiger partial charge on any atom is -0.475 e. The first-order valence-electron chi connectivity index (χ1n) is 10.3. The number of likely N-dealkylation sites (tertiary alicyclic amines) is 1. The van der Waals surface area contributed by atoms with E-state index in [9.17, 15) is 21.6 Å². The highest BCUT2D eigenvalue weighted by Gasteiger charge is 2.61. The Labute approximate surface area is 184 Å². The Morgan fingerprint density at radius 2 is 1.81 bits per heavy atom. The molecule has 2 fully saturated rings. The van der Waals surface area contributed by atoms with Gasteiger partial charge in [0, 0.05) is 32.2 Å². The zero-order valence-electron chi connectivity index (χ0n) is 17.6. The van der Waals surface area contributed by atoms with E-state index in [2.05, 4.69) is 41.3 Å². The number of sulfone groups is 1. The van der Waals surface area contributed by atoms with Crippen LogP contribution in [0.3, 0.4) is 0 Å². The maximum absolute atomic E-state index is 12.7. The average molecular weight is 474 g/mol. The van der Waals surface area contributed by atoms with Gasteiger partial charge >= 0.3 is 12.1 Å². The molecular weight excluding hydrogens is 447 g/mol. The van der Waals surface area contributed by atoms with Gasteiger partial charge in [0.15, 0.2) is 9.84 Å². The molecule has 2 aliphatic rings. The number of rotatable bonds is 5. The van der Waals surface area contributed by atoms with E-state index in [0.29, 0.717) is 32.1 Å². The molecule has 1 N–H and O–H groups in total. The zero-order valence-corrected chi connectivity index (χ0v) is 18.5. The maximum Gasteiger partial charge on any atom is 0.490 e. The number of ether oxygens (including phenoxy) is 1. The molecule has 2 heterocycles. The zero-order chi connectivity index (χ0) is 23.6. The third-order valence-electron chi connectivity index (χ3n) is 6.12. The molecule has 0 bridgehead atoms. The molecule has 1 spiro atoms. The second kappa shape index (κ2) is 9.36. The van der Waals surface area contributed by atoms with Gasteiger partial charge < -0.3 is 9.84 Å². The van der Waals surface area contributed by atoms with E-state index in [-0.39, 0.29) is 5.92 Å². The Bertz CT molecular complexity index is 1060. The SMILES string of the molecule is CCOCC1CCS(=O)(=O)C12CN(Cc1cccc3ccccc13)C2.O=C(O)C(F)(F)F. The Hall–Kier alpha value is -2.17. The van der Waals surface area contributed by atoms with E-state index >= 15 is 0 Å². The third-order valence-corrected chi connectivity index (χ3v) is 8.72. The lowest BCUT2D eigenvalue weighted by Crippen LogP contribution is -2.67. The third kappa shape index (κ3) is 4.92. The predicted molar refractivity (Wildman–Crippen MR) is 114 cm³/mol. The van der Waals surface area contributed by atoms with Gasteiger partial charge in [0.1, 0.15) is 4.75 Å². The summed E-state index contributed by atoms with van der Waals surface area (Å²) in [5.41, 5.74) is 1.27. The van der Waals surface area contributed by atoms with Crippen LogP contribution in [-0.2, 0) is 25.9 Å². The van der Waals surface area contributed by atoms with Crippen molar-refractivity contribution in [3.8, 4) is 0 Å². The summed E-state index contributed by atoms with van der Waals surface area (Å²) in [5.74, 6) is -2.30. The average Bonchev–Trinajstić information content (AvgIpc) is 2.97. The molecule has 2 aliphatic heterocycles. The molecular formula is C22H26F3NO5S. The van der Waals surface area contributed by atoms with E-state index in [1.54, 1.807) is 0 Å². The molecule has 6 nitrogen and oxygen atoms in total. The number of carbonyl (C=O) groups is 1. The summed E-state index contributed by atoms with van der Waals surface area (Å²) in [7, 11) is -3.02. The minimum atomic E-state index is -5.08. The Balaban J connectivity index is 0.000000360. The smallest absolute Gasteiger partial charge is 0.475 e. The number of halogens is 3. The van der Waals surface area contributed by atoms with Crippen LogP contribution in [-0.4, -0.2) is 67.4 Å². The molecule has 4 rings (SSSR count). The fourth-order valence-electron chi connectivity index (χ4n) is 4.46. The molecule has 2 saturated heterocycles. The van der Waals surface area contributed by atoms with Crippen LogP contribution in [0.15, 0.2) is 42.5 Å². The van der Waals surface area contributed by atoms with Crippen molar-refractivity contribution in [1.82, 2.24) is 4.90 Å². The van der Waals surface area contributed by atoms with Crippen molar-refractivity contribution in [3.63, 3.8) is 0 Å². The number of alkyl halides is 3. The topological polar surface area (TPSA) is 83.9 Å². The van der Waals surface area contributed by atoms with Crippen molar-refractivity contribution in [3.05, 3.63) is 48.0 Å². The number of hydrogen-bond donors (Lipinski definition) is 1. The number of aliphatic carboxylic acids is 1. The van der Waals surface area contributed by atoms with Crippen molar-refractivity contribution in [2.24, 2.45) is 5.92 Å². The van der Waals surface area contributed by atoms with E-state index in [1.165, 1.54) is 16.3 Å². The van der Waals surface area contributed by atoms with Crippen molar-refractivity contribution >= 4 is 26.6 Å². The van der Waals surface area contributed by atoms with Gasteiger partial charge in [-0.2, -0.15) is 13.2 Å². The van der Waals surface area contributed by atoms with Crippen LogP contribution < -0.4 is 0 Å². The van der Waals surface area contributed by atoms with Crippen molar-refractivity contribution in [2.75, 3.05) is 32.1 Å². The number of fused-ring (bicyclic) bond motifs is 1. The van der Waals surface area contributed by atoms with E-state index in [4.69, 9.17) is 14.6 Å². The molecule has 0 aliphatic carbocycles. The fourth-order valence-corrected chi connectivity index (χ4v) is 6.92. The predicted octanol–water partition coefficient (Wildman–Crippen LogP) is 3.50. The Kier molecular flexibility index (Phi) is 7.16. The second-order valence-corrected chi connectivity index (χ2v) is 10.6. The van der Waals surface area contributed by atoms with E-state index in [1.807, 2.05) is 13.0 Å². The summed E-state index contributed by atoms with van der Waals surface area (Å²) in [6, 6.07) is 14.7. The van der Waals surface area contributed by atoms with Gasteiger partial charge in [-0.05, 0) is 29.7 Å². The van der Waals surface area contributed by atoms with Crippen LogP contribution >= 0.6 is 0 Å². The highest BCUT2D eigenvalue weighted by atomic mass is 32.2. The Morgan fingerprint density at radius 3 is 2.44 bits per heavy atom. The first-order chi connectivity index (χ1) is 15.0. The summed E-state index contributed by atoms with van der Waals surface area (Å²) in [5, 5.41) is 9.61. The summed E-state index contributed by atoms with van der Waals surface area (Å²) in [6.07, 6.45) is -4.34. The monoisotopic (exact) mass is 473 g/mol. The standard InChI is InChI=1S/C20H25NO3S.C2HF3O2/c1-2-24-13-18-10-11-25(22,23)20(18)14-21(15-20)12-17-8-5-7-16-6-3-4-9-19(16)17;3-2(4,5)1(6)7/h3-9,18H,2,10-15H2,1H3;(H,6,7).